The van der Waals surface area contributed by atoms with Crippen molar-refractivity contribution in [3.63, 3.8) is 0 Å². The molecule has 1 aromatic carbocycles. The third-order valence-electron chi connectivity index (χ3n) is 4.72. The Morgan fingerprint density at radius 1 is 1.20 bits per heavy atom. The van der Waals surface area contributed by atoms with E-state index in [4.69, 9.17) is 9.47 Å². The van der Waals surface area contributed by atoms with Crippen molar-refractivity contribution >= 4 is 5.96 Å². The maximum absolute atomic E-state index is 10.6. The summed E-state index contributed by atoms with van der Waals surface area (Å²) in [6.45, 7) is 4.34. The first-order valence-electron chi connectivity index (χ1n) is 9.31. The average Bonchev–Trinajstić information content (AvgIpc) is 2.64. The van der Waals surface area contributed by atoms with E-state index in [-0.39, 0.29) is 6.10 Å². The fourth-order valence-corrected chi connectivity index (χ4v) is 3.31. The first-order valence-corrected chi connectivity index (χ1v) is 9.31. The molecule has 6 heteroatoms. The van der Waals surface area contributed by atoms with Gasteiger partial charge in [-0.15, -0.1) is 0 Å². The molecular formula is C19H29N3O3. The molecule has 0 spiro atoms. The standard InChI is InChI=1S/C19H29N3O3/c1-2-20-18(22-14-19(23)10-6-3-7-11-19)21-12-15-13-24-16-8-4-5-9-17(16)25-15/h4-5,8-9,15,23H,2-3,6-7,10-14H2,1H3,(H2,20,21,22). The van der Waals surface area contributed by atoms with Gasteiger partial charge in [0.2, 0.25) is 0 Å². The Balaban J connectivity index is 1.52. The fourth-order valence-electron chi connectivity index (χ4n) is 3.31. The van der Waals surface area contributed by atoms with Crippen LogP contribution in [0.5, 0.6) is 11.5 Å². The van der Waals surface area contributed by atoms with Gasteiger partial charge < -0.3 is 25.2 Å². The quantitative estimate of drug-likeness (QED) is 0.562. The molecule has 0 amide bonds. The maximum Gasteiger partial charge on any atom is 0.191 e. The van der Waals surface area contributed by atoms with E-state index in [1.54, 1.807) is 0 Å². The number of aliphatic hydroxyl groups is 1. The zero-order chi connectivity index (χ0) is 17.5. The molecule has 1 saturated carbocycles. The smallest absolute Gasteiger partial charge is 0.191 e. The van der Waals surface area contributed by atoms with Crippen molar-refractivity contribution in [3.05, 3.63) is 24.3 Å². The van der Waals surface area contributed by atoms with E-state index in [0.29, 0.717) is 25.7 Å². The van der Waals surface area contributed by atoms with Gasteiger partial charge in [-0.2, -0.15) is 0 Å². The first kappa shape index (κ1) is 17.9. The van der Waals surface area contributed by atoms with Crippen LogP contribution in [0.4, 0.5) is 0 Å². The molecule has 1 aliphatic carbocycles. The van der Waals surface area contributed by atoms with Crippen molar-refractivity contribution in [1.82, 2.24) is 10.6 Å². The highest BCUT2D eigenvalue weighted by Gasteiger charge is 2.29. The van der Waals surface area contributed by atoms with Crippen LogP contribution in [0, 0.1) is 0 Å². The Morgan fingerprint density at radius 2 is 1.96 bits per heavy atom. The summed E-state index contributed by atoms with van der Waals surface area (Å²) in [6.07, 6.45) is 4.99. The Morgan fingerprint density at radius 3 is 2.72 bits per heavy atom. The predicted octanol–water partition coefficient (Wildman–Crippen LogP) is 2.08. The fraction of sp³-hybridized carbons (Fsp3) is 0.632. The van der Waals surface area contributed by atoms with Crippen LogP contribution >= 0.6 is 0 Å². The van der Waals surface area contributed by atoms with Gasteiger partial charge in [0, 0.05) is 6.54 Å². The molecule has 25 heavy (non-hydrogen) atoms. The van der Waals surface area contributed by atoms with Crippen molar-refractivity contribution in [1.29, 1.82) is 0 Å². The van der Waals surface area contributed by atoms with Crippen molar-refractivity contribution < 1.29 is 14.6 Å². The van der Waals surface area contributed by atoms with Gasteiger partial charge in [0.05, 0.1) is 18.7 Å². The van der Waals surface area contributed by atoms with E-state index in [0.717, 1.165) is 43.7 Å². The van der Waals surface area contributed by atoms with Gasteiger partial charge >= 0.3 is 0 Å². The summed E-state index contributed by atoms with van der Waals surface area (Å²) in [5.74, 6) is 2.28. The summed E-state index contributed by atoms with van der Waals surface area (Å²) in [7, 11) is 0. The zero-order valence-electron chi connectivity index (χ0n) is 15.0. The van der Waals surface area contributed by atoms with Crippen molar-refractivity contribution in [2.75, 3.05) is 26.2 Å². The molecule has 6 nitrogen and oxygen atoms in total. The van der Waals surface area contributed by atoms with Gasteiger partial charge in [-0.3, -0.25) is 4.99 Å². The highest BCUT2D eigenvalue weighted by Crippen LogP contribution is 2.30. The van der Waals surface area contributed by atoms with Crippen LogP contribution in [-0.2, 0) is 0 Å². The van der Waals surface area contributed by atoms with Crippen LogP contribution in [0.2, 0.25) is 0 Å². The number of hydrogen-bond acceptors (Lipinski definition) is 4. The first-order chi connectivity index (χ1) is 12.2. The summed E-state index contributed by atoms with van der Waals surface area (Å²) in [5.41, 5.74) is -0.649. The summed E-state index contributed by atoms with van der Waals surface area (Å²) in [5, 5.41) is 17.1. The molecule has 1 fully saturated rings. The number of rotatable bonds is 5. The summed E-state index contributed by atoms with van der Waals surface area (Å²) >= 11 is 0. The molecule has 3 rings (SSSR count). The van der Waals surface area contributed by atoms with Gasteiger partial charge in [-0.25, -0.2) is 0 Å². The van der Waals surface area contributed by atoms with Crippen molar-refractivity contribution in [2.45, 2.75) is 50.7 Å². The van der Waals surface area contributed by atoms with Gasteiger partial charge in [0.15, 0.2) is 17.5 Å². The Labute approximate surface area is 149 Å². The number of aliphatic imine (C=N–C) groups is 1. The second kappa shape index (κ2) is 8.43. The van der Waals surface area contributed by atoms with Crippen molar-refractivity contribution in [2.24, 2.45) is 4.99 Å². The number of nitrogens with one attached hydrogen (secondary N) is 2. The van der Waals surface area contributed by atoms with Crippen LogP contribution in [-0.4, -0.2) is 49.0 Å². The molecule has 0 bridgehead atoms. The Kier molecular flexibility index (Phi) is 6.02. The van der Waals surface area contributed by atoms with Crippen molar-refractivity contribution in [3.8, 4) is 11.5 Å². The highest BCUT2D eigenvalue weighted by molar-refractivity contribution is 5.79. The Bertz CT molecular complexity index is 585. The predicted molar refractivity (Wildman–Crippen MR) is 98.4 cm³/mol. The number of fused-ring (bicyclic) bond motifs is 1. The highest BCUT2D eigenvalue weighted by atomic mass is 16.6. The van der Waals surface area contributed by atoms with E-state index < -0.39 is 5.60 Å². The molecule has 3 N–H and O–H groups in total. The SMILES string of the molecule is CCNC(=NCC1(O)CCCCC1)NCC1COc2ccccc2O1. The lowest BCUT2D eigenvalue weighted by Crippen LogP contribution is -2.46. The molecule has 138 valence electrons. The second-order valence-corrected chi connectivity index (χ2v) is 6.86. The average molecular weight is 347 g/mol. The number of hydrogen-bond donors (Lipinski definition) is 3. The van der Waals surface area contributed by atoms with E-state index >= 15 is 0 Å². The summed E-state index contributed by atoms with van der Waals surface area (Å²) < 4.78 is 11.7. The molecule has 1 aliphatic heterocycles. The van der Waals surface area contributed by atoms with Gasteiger partial charge in [0.25, 0.3) is 0 Å². The molecule has 0 saturated heterocycles. The lowest BCUT2D eigenvalue weighted by molar-refractivity contribution is 0.0131. The lowest BCUT2D eigenvalue weighted by atomic mass is 9.85. The van der Waals surface area contributed by atoms with Gasteiger partial charge in [-0.1, -0.05) is 31.4 Å². The lowest BCUT2D eigenvalue weighted by Gasteiger charge is -2.31. The number of ether oxygens (including phenoxy) is 2. The van der Waals surface area contributed by atoms with E-state index in [2.05, 4.69) is 15.6 Å². The summed E-state index contributed by atoms with van der Waals surface area (Å²) in [4.78, 5) is 4.59. The second-order valence-electron chi connectivity index (χ2n) is 6.86. The number of guanidine groups is 1. The third-order valence-corrected chi connectivity index (χ3v) is 4.72. The zero-order valence-corrected chi connectivity index (χ0v) is 15.0. The molecule has 0 aromatic heterocycles. The van der Waals surface area contributed by atoms with E-state index in [9.17, 15) is 5.11 Å². The minimum atomic E-state index is -0.649. The molecule has 0 radical (unpaired) electrons. The number of nitrogens with zero attached hydrogens (tertiary/aromatic N) is 1. The molecule has 1 aromatic rings. The number of para-hydroxylation sites is 2. The third kappa shape index (κ3) is 5.01. The monoisotopic (exact) mass is 347 g/mol. The van der Waals surface area contributed by atoms with Gasteiger partial charge in [0.1, 0.15) is 12.7 Å². The molecular weight excluding hydrogens is 318 g/mol. The van der Waals surface area contributed by atoms with Crippen LogP contribution in [0.3, 0.4) is 0 Å². The van der Waals surface area contributed by atoms with Gasteiger partial charge in [-0.05, 0) is 31.9 Å². The largest absolute Gasteiger partial charge is 0.486 e. The minimum absolute atomic E-state index is 0.0727. The van der Waals surface area contributed by atoms with E-state index in [1.807, 2.05) is 31.2 Å². The van der Waals surface area contributed by atoms with E-state index in [1.165, 1.54) is 6.42 Å². The topological polar surface area (TPSA) is 75.1 Å². The Hall–Kier alpha value is -1.95. The normalized spacial score (nSPS) is 22.3. The maximum atomic E-state index is 10.6. The molecule has 1 atom stereocenters. The summed E-state index contributed by atoms with van der Waals surface area (Å²) in [6, 6.07) is 7.70. The molecule has 1 heterocycles. The molecule has 1 unspecified atom stereocenters. The van der Waals surface area contributed by atoms with Crippen LogP contribution < -0.4 is 20.1 Å². The van der Waals surface area contributed by atoms with Crippen LogP contribution in [0.1, 0.15) is 39.0 Å². The van der Waals surface area contributed by atoms with Crippen LogP contribution in [0.15, 0.2) is 29.3 Å². The minimum Gasteiger partial charge on any atom is -0.486 e. The van der Waals surface area contributed by atoms with Crippen LogP contribution in [0.25, 0.3) is 0 Å². The molecule has 2 aliphatic rings. The number of benzene rings is 1.